The molecular formula is C31H20FN7O2S. The van der Waals surface area contributed by atoms with E-state index in [1.165, 1.54) is 30.7 Å². The molecule has 0 aliphatic rings. The molecular weight excluding hydrogens is 553 g/mol. The van der Waals surface area contributed by atoms with Gasteiger partial charge in [-0.3, -0.25) is 24.7 Å². The lowest BCUT2D eigenvalue weighted by atomic mass is 10.0. The Kier molecular flexibility index (Phi) is 6.13. The average molecular weight is 574 g/mol. The number of H-pyrrole nitrogens is 2. The van der Waals surface area contributed by atoms with Gasteiger partial charge in [0.25, 0.3) is 5.91 Å². The van der Waals surface area contributed by atoms with Crippen LogP contribution in [-0.2, 0) is 0 Å². The molecule has 0 radical (unpaired) electrons. The predicted molar refractivity (Wildman–Crippen MR) is 160 cm³/mol. The summed E-state index contributed by atoms with van der Waals surface area (Å²) < 4.78 is 16.2. The summed E-state index contributed by atoms with van der Waals surface area (Å²) in [5.74, 6) is -0.448. The van der Waals surface area contributed by atoms with Gasteiger partial charge < -0.3 is 10.3 Å². The molecule has 7 rings (SSSR count). The average Bonchev–Trinajstić information content (AvgIpc) is 3.76. The number of halogens is 1. The largest absolute Gasteiger partial charge is 0.336 e. The van der Waals surface area contributed by atoms with Crippen LogP contribution in [0.2, 0.25) is 0 Å². The number of carbonyl (C=O) groups is 2. The fourth-order valence-electron chi connectivity index (χ4n) is 4.80. The number of aromatic amines is 2. The maximum absolute atomic E-state index is 16.2. The van der Waals surface area contributed by atoms with Gasteiger partial charge in [0, 0.05) is 29.1 Å². The fourth-order valence-corrected chi connectivity index (χ4v) is 5.70. The van der Waals surface area contributed by atoms with Crippen molar-refractivity contribution in [3.63, 3.8) is 0 Å². The standard InChI is InChI=1S/C31H20FN7O2S/c1-16(40)23-9-10-24(42-23)28-27-22(11-12-34-28)36-30(37-27)29-25-21(38-39-29)8-7-20(26(25)32)18-13-19(15-33-14-18)35-31(41)17-5-3-2-4-6-17/h2-15H,1H3,(H,35,41)(H,36,37)(H,38,39). The van der Waals surface area contributed by atoms with E-state index in [1.807, 2.05) is 12.1 Å². The first-order valence-electron chi connectivity index (χ1n) is 12.9. The van der Waals surface area contributed by atoms with Crippen molar-refractivity contribution < 1.29 is 14.0 Å². The molecule has 0 atom stereocenters. The summed E-state index contributed by atoms with van der Waals surface area (Å²) in [7, 11) is 0. The van der Waals surface area contributed by atoms with Crippen LogP contribution < -0.4 is 5.32 Å². The number of thiophene rings is 1. The molecule has 0 spiro atoms. The number of carbonyl (C=O) groups excluding carboxylic acids is 2. The maximum atomic E-state index is 16.2. The number of nitrogens with one attached hydrogen (secondary N) is 3. The lowest BCUT2D eigenvalue weighted by Crippen LogP contribution is -2.11. The SMILES string of the molecule is CC(=O)c1ccc(-c2nccc3[nH]c(-c4n[nH]c5ccc(-c6cncc(NC(=O)c7ccccc7)c6)c(F)c45)nc23)s1. The molecule has 204 valence electrons. The molecule has 0 fully saturated rings. The summed E-state index contributed by atoms with van der Waals surface area (Å²) in [6.07, 6.45) is 4.71. The van der Waals surface area contributed by atoms with Crippen LogP contribution in [0, 0.1) is 5.82 Å². The van der Waals surface area contributed by atoms with Gasteiger partial charge in [0.2, 0.25) is 0 Å². The van der Waals surface area contributed by atoms with Gasteiger partial charge in [0.15, 0.2) is 11.6 Å². The number of anilines is 1. The van der Waals surface area contributed by atoms with Crippen molar-refractivity contribution >= 4 is 50.7 Å². The van der Waals surface area contributed by atoms with E-state index in [4.69, 9.17) is 4.98 Å². The molecule has 5 aromatic heterocycles. The predicted octanol–water partition coefficient (Wildman–Crippen LogP) is 6.89. The second-order valence-electron chi connectivity index (χ2n) is 9.57. The zero-order valence-electron chi connectivity index (χ0n) is 22.0. The first-order valence-corrected chi connectivity index (χ1v) is 13.7. The van der Waals surface area contributed by atoms with Gasteiger partial charge >= 0.3 is 0 Å². The van der Waals surface area contributed by atoms with Crippen LogP contribution in [0.1, 0.15) is 27.0 Å². The quantitative estimate of drug-likeness (QED) is 0.186. The third-order valence-corrected chi connectivity index (χ3v) is 8.01. The van der Waals surface area contributed by atoms with Gasteiger partial charge in [-0.15, -0.1) is 11.3 Å². The third kappa shape index (κ3) is 4.41. The molecule has 5 heterocycles. The number of nitrogens with zero attached hydrogens (tertiary/aromatic N) is 4. The number of rotatable bonds is 6. The molecule has 11 heteroatoms. The zero-order chi connectivity index (χ0) is 28.8. The van der Waals surface area contributed by atoms with Gasteiger partial charge in [0.05, 0.1) is 38.1 Å². The van der Waals surface area contributed by atoms with Gasteiger partial charge in [-0.2, -0.15) is 5.10 Å². The number of Topliss-reactive ketones (excluding diaryl/α,β-unsaturated/α-hetero) is 1. The van der Waals surface area contributed by atoms with E-state index >= 15 is 4.39 Å². The Morgan fingerprint density at radius 1 is 0.952 bits per heavy atom. The Labute approximate surface area is 241 Å². The zero-order valence-corrected chi connectivity index (χ0v) is 22.8. The van der Waals surface area contributed by atoms with Gasteiger partial charge in [-0.1, -0.05) is 18.2 Å². The highest BCUT2D eigenvalue weighted by molar-refractivity contribution is 7.17. The molecule has 0 unspecified atom stereocenters. The summed E-state index contributed by atoms with van der Waals surface area (Å²) in [4.78, 5) is 42.6. The molecule has 0 saturated heterocycles. The van der Waals surface area contributed by atoms with E-state index in [2.05, 4.69) is 30.5 Å². The van der Waals surface area contributed by atoms with Crippen molar-refractivity contribution in [1.82, 2.24) is 30.1 Å². The first kappa shape index (κ1) is 25.4. The van der Waals surface area contributed by atoms with E-state index in [-0.39, 0.29) is 17.1 Å². The number of hydrogen-bond donors (Lipinski definition) is 3. The number of imidazole rings is 1. The Balaban J connectivity index is 1.27. The second kappa shape index (κ2) is 10.1. The highest BCUT2D eigenvalue weighted by Gasteiger charge is 2.21. The Morgan fingerprint density at radius 3 is 2.62 bits per heavy atom. The van der Waals surface area contributed by atoms with Crippen molar-refractivity contribution in [3.8, 4) is 33.2 Å². The number of fused-ring (bicyclic) bond motifs is 2. The lowest BCUT2D eigenvalue weighted by Gasteiger charge is -2.09. The van der Waals surface area contributed by atoms with Crippen LogP contribution in [0.4, 0.5) is 10.1 Å². The number of benzene rings is 2. The summed E-state index contributed by atoms with van der Waals surface area (Å²) >= 11 is 1.34. The molecule has 0 aliphatic carbocycles. The number of amides is 1. The monoisotopic (exact) mass is 573 g/mol. The summed E-state index contributed by atoms with van der Waals surface area (Å²) in [5.41, 5.74) is 4.43. The minimum atomic E-state index is -0.507. The lowest BCUT2D eigenvalue weighted by molar-refractivity contribution is 0.101. The van der Waals surface area contributed by atoms with Crippen molar-refractivity contribution in [2.45, 2.75) is 6.92 Å². The van der Waals surface area contributed by atoms with Crippen LogP contribution in [0.15, 0.2) is 85.3 Å². The molecule has 1 amide bonds. The summed E-state index contributed by atoms with van der Waals surface area (Å²) in [5, 5.41) is 10.4. The van der Waals surface area contributed by atoms with Crippen LogP contribution >= 0.6 is 11.3 Å². The Hall–Kier alpha value is -5.55. The minimum Gasteiger partial charge on any atom is -0.336 e. The van der Waals surface area contributed by atoms with E-state index < -0.39 is 5.82 Å². The molecule has 7 aromatic rings. The third-order valence-electron chi connectivity index (χ3n) is 6.82. The van der Waals surface area contributed by atoms with Crippen LogP contribution in [0.5, 0.6) is 0 Å². The first-order chi connectivity index (χ1) is 20.5. The Morgan fingerprint density at radius 2 is 1.81 bits per heavy atom. The normalized spacial score (nSPS) is 11.3. The number of hydrogen-bond acceptors (Lipinski definition) is 7. The molecule has 3 N–H and O–H groups in total. The topological polar surface area (TPSA) is 129 Å². The van der Waals surface area contributed by atoms with Gasteiger partial charge in [-0.25, -0.2) is 9.37 Å². The minimum absolute atomic E-state index is 0.0188. The van der Waals surface area contributed by atoms with E-state index in [0.717, 1.165) is 4.88 Å². The highest BCUT2D eigenvalue weighted by atomic mass is 32.1. The van der Waals surface area contributed by atoms with Crippen molar-refractivity contribution in [2.75, 3.05) is 5.32 Å². The Bertz CT molecular complexity index is 2150. The molecule has 0 bridgehead atoms. The number of ketones is 1. The van der Waals surface area contributed by atoms with Crippen molar-refractivity contribution in [2.24, 2.45) is 0 Å². The summed E-state index contributed by atoms with van der Waals surface area (Å²) in [6.45, 7) is 1.52. The molecule has 42 heavy (non-hydrogen) atoms. The molecule has 0 aliphatic heterocycles. The smallest absolute Gasteiger partial charge is 0.255 e. The van der Waals surface area contributed by atoms with Crippen LogP contribution in [0.3, 0.4) is 0 Å². The number of aromatic nitrogens is 6. The van der Waals surface area contributed by atoms with Crippen LogP contribution in [0.25, 0.3) is 55.2 Å². The molecule has 9 nitrogen and oxygen atoms in total. The van der Waals surface area contributed by atoms with E-state index in [0.29, 0.717) is 61.0 Å². The molecule has 0 saturated carbocycles. The van der Waals surface area contributed by atoms with Crippen molar-refractivity contribution in [3.05, 3.63) is 102 Å². The van der Waals surface area contributed by atoms with E-state index in [9.17, 15) is 9.59 Å². The van der Waals surface area contributed by atoms with Gasteiger partial charge in [-0.05, 0) is 55.5 Å². The maximum Gasteiger partial charge on any atom is 0.255 e. The number of pyridine rings is 2. The second-order valence-corrected chi connectivity index (χ2v) is 10.6. The van der Waals surface area contributed by atoms with Crippen LogP contribution in [-0.4, -0.2) is 41.8 Å². The fraction of sp³-hybridized carbons (Fsp3) is 0.0323. The van der Waals surface area contributed by atoms with Gasteiger partial charge in [0.1, 0.15) is 22.7 Å². The highest BCUT2D eigenvalue weighted by Crippen LogP contribution is 2.36. The van der Waals surface area contributed by atoms with Crippen molar-refractivity contribution in [1.29, 1.82) is 0 Å². The molecule has 2 aromatic carbocycles. The van der Waals surface area contributed by atoms with E-state index in [1.54, 1.807) is 60.8 Å². The summed E-state index contributed by atoms with van der Waals surface area (Å²) in [6, 6.07) is 19.3.